The molecule has 2 heterocycles. The zero-order valence-corrected chi connectivity index (χ0v) is 21.4. The van der Waals surface area contributed by atoms with E-state index >= 15 is 0 Å². The minimum atomic E-state index is -3.72. The number of hydrogen-bond donors (Lipinski definition) is 1. The zero-order chi connectivity index (χ0) is 24.3. The Morgan fingerprint density at radius 3 is 2.44 bits per heavy atom. The second-order valence-electron chi connectivity index (χ2n) is 8.73. The van der Waals surface area contributed by atoms with Gasteiger partial charge in [0.25, 0.3) is 0 Å². The van der Waals surface area contributed by atoms with Gasteiger partial charge < -0.3 is 9.64 Å². The highest BCUT2D eigenvalue weighted by atomic mass is 35.5. The van der Waals surface area contributed by atoms with Crippen LogP contribution in [0, 0.1) is 0 Å². The maximum Gasteiger partial charge on any atom is 0.243 e. The van der Waals surface area contributed by atoms with Crippen molar-refractivity contribution in [3.05, 3.63) is 64.1 Å². The molecule has 4 rings (SSSR count). The molecule has 0 bridgehead atoms. The van der Waals surface area contributed by atoms with E-state index in [0.29, 0.717) is 50.5 Å². The van der Waals surface area contributed by atoms with Crippen molar-refractivity contribution in [2.24, 2.45) is 0 Å². The highest BCUT2D eigenvalue weighted by molar-refractivity contribution is 7.89. The van der Waals surface area contributed by atoms with Crippen molar-refractivity contribution in [1.82, 2.24) is 14.5 Å². The molecule has 7 nitrogen and oxygen atoms in total. The summed E-state index contributed by atoms with van der Waals surface area (Å²) in [6.07, 6.45) is 2.30. The average molecular weight is 526 g/mol. The van der Waals surface area contributed by atoms with Gasteiger partial charge in [0.05, 0.1) is 26.6 Å². The molecule has 0 radical (unpaired) electrons. The third-order valence-corrected chi connectivity index (χ3v) is 9.25. The molecule has 1 spiro atoms. The van der Waals surface area contributed by atoms with Gasteiger partial charge in [-0.3, -0.25) is 10.1 Å². The molecule has 0 aliphatic carbocycles. The highest BCUT2D eigenvalue weighted by Gasteiger charge is 2.52. The number of carbonyl (C=O) groups excluding carboxylic acids is 1. The largest absolute Gasteiger partial charge is 0.385 e. The summed E-state index contributed by atoms with van der Waals surface area (Å²) in [6, 6.07) is 13.9. The monoisotopic (exact) mass is 525 g/mol. The number of nitrogens with zero attached hydrogens (tertiary/aromatic N) is 2. The Bertz CT molecular complexity index is 1120. The van der Waals surface area contributed by atoms with Crippen molar-refractivity contribution in [3.63, 3.8) is 0 Å². The van der Waals surface area contributed by atoms with Gasteiger partial charge in [0.2, 0.25) is 15.9 Å². The smallest absolute Gasteiger partial charge is 0.243 e. The van der Waals surface area contributed by atoms with Crippen LogP contribution < -0.4 is 5.32 Å². The fourth-order valence-electron chi connectivity index (χ4n) is 4.84. The van der Waals surface area contributed by atoms with E-state index < -0.39 is 15.7 Å². The molecule has 0 saturated carbocycles. The standard InChI is InChI=1S/C24H29Cl2N3O4S/c1-33-15-5-12-29-23(30)22(16-18-6-3-2-4-7-18)27-24(29)10-13-28(14-11-24)34(31,32)19-8-9-20(25)21(26)17-19/h2-4,6-9,17,22,27H,5,10-16H2,1H3. The topological polar surface area (TPSA) is 79.0 Å². The summed E-state index contributed by atoms with van der Waals surface area (Å²) in [5, 5.41) is 4.10. The fraction of sp³-hybridized carbons (Fsp3) is 0.458. The van der Waals surface area contributed by atoms with Gasteiger partial charge in [0.15, 0.2) is 0 Å². The molecule has 2 aliphatic heterocycles. The van der Waals surface area contributed by atoms with Gasteiger partial charge in [-0.1, -0.05) is 53.5 Å². The highest BCUT2D eigenvalue weighted by Crippen LogP contribution is 2.36. The molecule has 34 heavy (non-hydrogen) atoms. The first-order valence-electron chi connectivity index (χ1n) is 11.3. The summed E-state index contributed by atoms with van der Waals surface area (Å²) in [6.45, 7) is 1.70. The van der Waals surface area contributed by atoms with E-state index in [4.69, 9.17) is 27.9 Å². The summed E-state index contributed by atoms with van der Waals surface area (Å²) in [7, 11) is -2.08. The summed E-state index contributed by atoms with van der Waals surface area (Å²) in [5.41, 5.74) is 0.510. The molecule has 1 atom stereocenters. The Kier molecular flexibility index (Phi) is 7.86. The van der Waals surface area contributed by atoms with Gasteiger partial charge in [0, 0.05) is 33.4 Å². The summed E-state index contributed by atoms with van der Waals surface area (Å²) in [4.78, 5) is 15.4. The first kappa shape index (κ1) is 25.4. The van der Waals surface area contributed by atoms with Crippen molar-refractivity contribution in [3.8, 4) is 0 Å². The molecule has 1 unspecified atom stereocenters. The van der Waals surface area contributed by atoms with Crippen LogP contribution in [-0.2, 0) is 26.0 Å². The second-order valence-corrected chi connectivity index (χ2v) is 11.5. The predicted molar refractivity (Wildman–Crippen MR) is 132 cm³/mol. The van der Waals surface area contributed by atoms with E-state index in [1.54, 1.807) is 7.11 Å². The molecule has 2 aliphatic rings. The van der Waals surface area contributed by atoms with Crippen LogP contribution in [0.5, 0.6) is 0 Å². The Morgan fingerprint density at radius 1 is 1.09 bits per heavy atom. The van der Waals surface area contributed by atoms with Crippen molar-refractivity contribution < 1.29 is 17.9 Å². The van der Waals surface area contributed by atoms with Crippen LogP contribution in [0.1, 0.15) is 24.8 Å². The lowest BCUT2D eigenvalue weighted by atomic mass is 9.97. The molecule has 1 N–H and O–H groups in total. The van der Waals surface area contributed by atoms with Crippen LogP contribution in [-0.4, -0.2) is 68.6 Å². The maximum absolute atomic E-state index is 13.4. The Balaban J connectivity index is 1.52. The summed E-state index contributed by atoms with van der Waals surface area (Å²) in [5.74, 6) is 0.0562. The Morgan fingerprint density at radius 2 is 1.79 bits per heavy atom. The molecule has 184 valence electrons. The predicted octanol–water partition coefficient (Wildman–Crippen LogP) is 3.55. The third-order valence-electron chi connectivity index (χ3n) is 6.61. The van der Waals surface area contributed by atoms with Gasteiger partial charge in [-0.25, -0.2) is 8.42 Å². The van der Waals surface area contributed by atoms with E-state index in [1.807, 2.05) is 35.2 Å². The van der Waals surface area contributed by atoms with E-state index in [1.165, 1.54) is 22.5 Å². The van der Waals surface area contributed by atoms with Gasteiger partial charge >= 0.3 is 0 Å². The Hall–Kier alpha value is -1.68. The SMILES string of the molecule is COCCCN1C(=O)C(Cc2ccccc2)NC12CCN(S(=O)(=O)c1ccc(Cl)c(Cl)c1)CC2. The molecular formula is C24H29Cl2N3O4S. The number of benzene rings is 2. The molecule has 2 aromatic rings. The number of methoxy groups -OCH3 is 1. The number of ether oxygens (including phenoxy) is 1. The van der Waals surface area contributed by atoms with Crippen molar-refractivity contribution in [1.29, 1.82) is 0 Å². The zero-order valence-electron chi connectivity index (χ0n) is 19.0. The normalized spacial score (nSPS) is 20.9. The number of amides is 1. The summed E-state index contributed by atoms with van der Waals surface area (Å²) >= 11 is 12.0. The van der Waals surface area contributed by atoms with E-state index in [2.05, 4.69) is 5.32 Å². The van der Waals surface area contributed by atoms with Crippen LogP contribution in [0.15, 0.2) is 53.4 Å². The van der Waals surface area contributed by atoms with E-state index in [9.17, 15) is 13.2 Å². The third kappa shape index (κ3) is 5.12. The number of hydrogen-bond acceptors (Lipinski definition) is 5. The van der Waals surface area contributed by atoms with Crippen LogP contribution in [0.25, 0.3) is 0 Å². The lowest BCUT2D eigenvalue weighted by Crippen LogP contribution is -2.59. The Labute approximate surface area is 211 Å². The molecule has 0 aromatic heterocycles. The number of nitrogens with one attached hydrogen (secondary N) is 1. The van der Waals surface area contributed by atoms with E-state index in [0.717, 1.165) is 12.0 Å². The lowest BCUT2D eigenvalue weighted by molar-refractivity contribution is -0.133. The summed E-state index contributed by atoms with van der Waals surface area (Å²) < 4.78 is 33.1. The molecule has 10 heteroatoms. The second kappa shape index (κ2) is 10.5. The molecular weight excluding hydrogens is 497 g/mol. The first-order valence-corrected chi connectivity index (χ1v) is 13.5. The van der Waals surface area contributed by atoms with Crippen LogP contribution in [0.4, 0.5) is 0 Å². The van der Waals surface area contributed by atoms with E-state index in [-0.39, 0.29) is 21.9 Å². The van der Waals surface area contributed by atoms with Crippen LogP contribution in [0.3, 0.4) is 0 Å². The van der Waals surface area contributed by atoms with Crippen molar-refractivity contribution in [2.75, 3.05) is 33.4 Å². The number of sulfonamides is 1. The van der Waals surface area contributed by atoms with Gasteiger partial charge in [-0.05, 0) is 49.4 Å². The van der Waals surface area contributed by atoms with Gasteiger partial charge in [0.1, 0.15) is 0 Å². The average Bonchev–Trinajstić information content (AvgIpc) is 3.07. The quantitative estimate of drug-likeness (QED) is 0.533. The molecule has 2 aromatic carbocycles. The molecule has 1 amide bonds. The minimum Gasteiger partial charge on any atom is -0.385 e. The van der Waals surface area contributed by atoms with Crippen LogP contribution in [0.2, 0.25) is 10.0 Å². The maximum atomic E-state index is 13.4. The van der Waals surface area contributed by atoms with Gasteiger partial charge in [-0.15, -0.1) is 0 Å². The number of rotatable bonds is 8. The number of piperidine rings is 1. The lowest BCUT2D eigenvalue weighted by Gasteiger charge is -2.44. The van der Waals surface area contributed by atoms with Crippen molar-refractivity contribution >= 4 is 39.1 Å². The van der Waals surface area contributed by atoms with Crippen LogP contribution >= 0.6 is 23.2 Å². The minimum absolute atomic E-state index is 0.0562. The molecule has 2 saturated heterocycles. The first-order chi connectivity index (χ1) is 16.3. The molecule has 2 fully saturated rings. The van der Waals surface area contributed by atoms with Crippen molar-refractivity contribution in [2.45, 2.75) is 42.3 Å². The fourth-order valence-corrected chi connectivity index (χ4v) is 6.67. The number of carbonyl (C=O) groups is 1. The number of halogens is 2. The van der Waals surface area contributed by atoms with Gasteiger partial charge in [-0.2, -0.15) is 4.31 Å².